The number of hydrogen-bond donors (Lipinski definition) is 1. The minimum atomic E-state index is -1.04. The lowest BCUT2D eigenvalue weighted by atomic mass is 9.98. The Balaban J connectivity index is 1.70. The van der Waals surface area contributed by atoms with Gasteiger partial charge >= 0.3 is 5.97 Å². The summed E-state index contributed by atoms with van der Waals surface area (Å²) in [6.07, 6.45) is 0.746. The van der Waals surface area contributed by atoms with Gasteiger partial charge in [0.15, 0.2) is 6.04 Å². The molecule has 3 rings (SSSR count). The molecule has 24 heavy (non-hydrogen) atoms. The highest BCUT2D eigenvalue weighted by Crippen LogP contribution is 2.39. The van der Waals surface area contributed by atoms with Crippen LogP contribution < -0.4 is 5.32 Å². The number of ether oxygens (including phenoxy) is 1. The van der Waals surface area contributed by atoms with E-state index in [0.717, 1.165) is 4.88 Å². The second kappa shape index (κ2) is 6.78. The van der Waals surface area contributed by atoms with Gasteiger partial charge < -0.3 is 15.0 Å². The van der Waals surface area contributed by atoms with Crippen molar-refractivity contribution in [2.75, 3.05) is 7.11 Å². The van der Waals surface area contributed by atoms with E-state index in [1.54, 1.807) is 5.41 Å². The number of hydrogen-bond acceptors (Lipinski definition) is 7. The van der Waals surface area contributed by atoms with E-state index in [-0.39, 0.29) is 17.9 Å². The van der Waals surface area contributed by atoms with Gasteiger partial charge in [0.25, 0.3) is 0 Å². The molecular formula is C15H14N2O5S2. The zero-order valence-electron chi connectivity index (χ0n) is 12.6. The molecule has 0 saturated carbocycles. The average Bonchev–Trinajstić information content (AvgIpc) is 3.10. The molecule has 2 aliphatic rings. The van der Waals surface area contributed by atoms with Crippen LogP contribution in [0.15, 0.2) is 28.5 Å². The predicted molar refractivity (Wildman–Crippen MR) is 88.1 cm³/mol. The number of rotatable bonds is 5. The van der Waals surface area contributed by atoms with Crippen molar-refractivity contribution in [2.24, 2.45) is 0 Å². The summed E-state index contributed by atoms with van der Waals surface area (Å²) in [6.45, 7) is 0. The molecule has 2 aliphatic heterocycles. The number of nitrogens with one attached hydrogen (secondary N) is 1. The standard InChI is InChI=1S/C15H14N2O5S2/c1-22-15(21)12-8(6-18)7-24-14-11(13(20)17(12)14)16-10(19)5-9-3-2-4-23-9/h2-4,6-7,11-12,14H,5H2,1H3,(H,16,19)/t11?,12?,14-/m1/s1. The van der Waals surface area contributed by atoms with E-state index in [9.17, 15) is 19.2 Å². The molecule has 126 valence electrons. The highest BCUT2D eigenvalue weighted by molar-refractivity contribution is 8.03. The summed E-state index contributed by atoms with van der Waals surface area (Å²) < 4.78 is 4.68. The molecule has 2 unspecified atom stereocenters. The smallest absolute Gasteiger partial charge is 0.333 e. The highest BCUT2D eigenvalue weighted by atomic mass is 32.2. The predicted octanol–water partition coefficient (Wildman–Crippen LogP) is 0.315. The molecule has 0 aromatic carbocycles. The number of methoxy groups -OCH3 is 1. The van der Waals surface area contributed by atoms with Crippen molar-refractivity contribution in [1.29, 1.82) is 0 Å². The summed E-state index contributed by atoms with van der Waals surface area (Å²) in [4.78, 5) is 49.7. The largest absolute Gasteiger partial charge is 0.467 e. The van der Waals surface area contributed by atoms with Gasteiger partial charge in [-0.1, -0.05) is 6.07 Å². The second-order valence-electron chi connectivity index (χ2n) is 5.23. The quantitative estimate of drug-likeness (QED) is 0.458. The van der Waals surface area contributed by atoms with E-state index < -0.39 is 29.3 Å². The number of fused-ring (bicyclic) bond motifs is 1. The molecule has 0 bridgehead atoms. The second-order valence-corrected chi connectivity index (χ2v) is 7.26. The summed E-state index contributed by atoms with van der Waals surface area (Å²) in [7, 11) is 1.20. The summed E-state index contributed by atoms with van der Waals surface area (Å²) in [5.41, 5.74) is 0.180. The first kappa shape index (κ1) is 16.7. The van der Waals surface area contributed by atoms with E-state index >= 15 is 0 Å². The minimum Gasteiger partial charge on any atom is -0.467 e. The lowest BCUT2D eigenvalue weighted by Crippen LogP contribution is -2.74. The van der Waals surface area contributed by atoms with Crippen LogP contribution in [0.4, 0.5) is 0 Å². The van der Waals surface area contributed by atoms with Gasteiger partial charge in [0.1, 0.15) is 17.7 Å². The van der Waals surface area contributed by atoms with Gasteiger partial charge in [-0.25, -0.2) is 4.79 Å². The van der Waals surface area contributed by atoms with Gasteiger partial charge in [0.05, 0.1) is 13.5 Å². The number of thiophene rings is 1. The highest BCUT2D eigenvalue weighted by Gasteiger charge is 2.56. The monoisotopic (exact) mass is 366 g/mol. The number of carbonyl (C=O) groups excluding carboxylic acids is 4. The Morgan fingerprint density at radius 3 is 2.88 bits per heavy atom. The number of aldehydes is 1. The number of carbonyl (C=O) groups is 4. The molecule has 1 aromatic heterocycles. The summed E-state index contributed by atoms with van der Waals surface area (Å²) in [5.74, 6) is -1.32. The maximum absolute atomic E-state index is 12.4. The molecule has 1 saturated heterocycles. The van der Waals surface area contributed by atoms with Crippen LogP contribution in [-0.4, -0.2) is 53.5 Å². The zero-order chi connectivity index (χ0) is 17.3. The molecule has 3 heterocycles. The Morgan fingerprint density at radius 1 is 1.46 bits per heavy atom. The fourth-order valence-corrected chi connectivity index (χ4v) is 4.54. The van der Waals surface area contributed by atoms with Crippen LogP contribution >= 0.6 is 23.1 Å². The van der Waals surface area contributed by atoms with E-state index in [1.165, 1.54) is 35.1 Å². The third kappa shape index (κ3) is 2.84. The molecule has 7 nitrogen and oxygen atoms in total. The number of amides is 2. The number of esters is 1. The van der Waals surface area contributed by atoms with Gasteiger partial charge in [-0.2, -0.15) is 0 Å². The lowest BCUT2D eigenvalue weighted by molar-refractivity contribution is -0.161. The fraction of sp³-hybridized carbons (Fsp3) is 0.333. The zero-order valence-corrected chi connectivity index (χ0v) is 14.3. The molecule has 0 radical (unpaired) electrons. The Labute approximate surface area is 146 Å². The lowest BCUT2D eigenvalue weighted by Gasteiger charge is -2.51. The van der Waals surface area contributed by atoms with Gasteiger partial charge in [0, 0.05) is 10.5 Å². The summed E-state index contributed by atoms with van der Waals surface area (Å²) in [5, 5.41) is 5.70. The number of β-lactam (4-membered cyclic amide) rings is 1. The van der Waals surface area contributed by atoms with Crippen molar-refractivity contribution in [3.8, 4) is 0 Å². The van der Waals surface area contributed by atoms with Gasteiger partial charge in [-0.15, -0.1) is 23.1 Å². The van der Waals surface area contributed by atoms with E-state index in [2.05, 4.69) is 10.1 Å². The van der Waals surface area contributed by atoms with Crippen molar-refractivity contribution in [1.82, 2.24) is 10.2 Å². The SMILES string of the molecule is COC(=O)C1C(C=O)=CS[C@@H]2C(NC(=O)Cc3cccs3)C(=O)N12. The van der Waals surface area contributed by atoms with E-state index in [1.807, 2.05) is 17.5 Å². The van der Waals surface area contributed by atoms with Gasteiger partial charge in [0.2, 0.25) is 11.8 Å². The normalized spacial score (nSPS) is 25.2. The summed E-state index contributed by atoms with van der Waals surface area (Å²) >= 11 is 2.70. The maximum Gasteiger partial charge on any atom is 0.333 e. The Morgan fingerprint density at radius 2 is 2.25 bits per heavy atom. The van der Waals surface area contributed by atoms with Crippen LogP contribution in [-0.2, 0) is 30.3 Å². The van der Waals surface area contributed by atoms with E-state index in [4.69, 9.17) is 0 Å². The Kier molecular flexibility index (Phi) is 4.72. The average molecular weight is 366 g/mol. The minimum absolute atomic E-state index is 0.180. The van der Waals surface area contributed by atoms with Gasteiger partial charge in [-0.3, -0.25) is 14.4 Å². The Bertz CT molecular complexity index is 715. The van der Waals surface area contributed by atoms with Crippen LogP contribution in [0, 0.1) is 0 Å². The van der Waals surface area contributed by atoms with Crippen molar-refractivity contribution >= 4 is 47.2 Å². The van der Waals surface area contributed by atoms with Crippen LogP contribution in [0.1, 0.15) is 4.88 Å². The van der Waals surface area contributed by atoms with Crippen molar-refractivity contribution < 1.29 is 23.9 Å². The third-order valence-corrected chi connectivity index (χ3v) is 5.87. The molecule has 0 aliphatic carbocycles. The number of nitrogens with zero attached hydrogens (tertiary/aromatic N) is 1. The molecule has 1 fully saturated rings. The van der Waals surface area contributed by atoms with Crippen molar-refractivity contribution in [2.45, 2.75) is 23.9 Å². The summed E-state index contributed by atoms with van der Waals surface area (Å²) in [6, 6.07) is 1.95. The first-order valence-electron chi connectivity index (χ1n) is 7.09. The van der Waals surface area contributed by atoms with Crippen LogP contribution in [0.2, 0.25) is 0 Å². The Hall–Kier alpha value is -2.13. The van der Waals surface area contributed by atoms with Crippen LogP contribution in [0.5, 0.6) is 0 Å². The first-order valence-corrected chi connectivity index (χ1v) is 8.91. The maximum atomic E-state index is 12.4. The molecule has 3 atom stereocenters. The molecule has 1 aromatic rings. The molecule has 1 N–H and O–H groups in total. The first-order chi connectivity index (χ1) is 11.6. The molecule has 0 spiro atoms. The topological polar surface area (TPSA) is 92.8 Å². The molecular weight excluding hydrogens is 352 g/mol. The van der Waals surface area contributed by atoms with Crippen LogP contribution in [0.25, 0.3) is 0 Å². The number of thioether (sulfide) groups is 1. The third-order valence-electron chi connectivity index (χ3n) is 3.81. The molecule has 2 amide bonds. The molecule has 9 heteroatoms. The fourth-order valence-electron chi connectivity index (χ4n) is 2.66. The van der Waals surface area contributed by atoms with Crippen LogP contribution in [0.3, 0.4) is 0 Å². The van der Waals surface area contributed by atoms with Crippen molar-refractivity contribution in [3.05, 3.63) is 33.4 Å². The van der Waals surface area contributed by atoms with Gasteiger partial charge in [-0.05, 0) is 16.9 Å². The van der Waals surface area contributed by atoms with Crippen molar-refractivity contribution in [3.63, 3.8) is 0 Å². The van der Waals surface area contributed by atoms with E-state index in [0.29, 0.717) is 6.29 Å².